The van der Waals surface area contributed by atoms with E-state index >= 15 is 0 Å². The Morgan fingerprint density at radius 2 is 1.89 bits per heavy atom. The fraction of sp³-hybridized carbons (Fsp3) is 0.353. The van der Waals surface area contributed by atoms with Gasteiger partial charge >= 0.3 is 5.97 Å². The largest absolute Gasteiger partial charge is 0.458 e. The van der Waals surface area contributed by atoms with Gasteiger partial charge in [-0.1, -0.05) is 49.6 Å². The molecule has 0 aromatic carbocycles. The van der Waals surface area contributed by atoms with Crippen molar-refractivity contribution < 1.29 is 9.53 Å². The summed E-state index contributed by atoms with van der Waals surface area (Å²) < 4.78 is 5.41. The second-order valence-electron chi connectivity index (χ2n) is 4.17. The minimum Gasteiger partial charge on any atom is -0.458 e. The molecule has 2 atom stereocenters. The van der Waals surface area contributed by atoms with E-state index in [2.05, 4.69) is 26.3 Å². The highest BCUT2D eigenvalue weighted by Crippen LogP contribution is 2.13. The number of rotatable bonds is 11. The molecule has 0 aliphatic rings. The molecule has 2 heteroatoms. The zero-order valence-corrected chi connectivity index (χ0v) is 11.6. The van der Waals surface area contributed by atoms with Gasteiger partial charge in [0.2, 0.25) is 0 Å². The third-order valence-electron chi connectivity index (χ3n) is 2.68. The summed E-state index contributed by atoms with van der Waals surface area (Å²) in [5.41, 5.74) is 0. The first kappa shape index (κ1) is 17.2. The maximum atomic E-state index is 11.9. The van der Waals surface area contributed by atoms with Gasteiger partial charge in [-0.3, -0.25) is 4.79 Å². The van der Waals surface area contributed by atoms with Crippen LogP contribution in [0.5, 0.6) is 0 Å². The number of unbranched alkanes of at least 4 members (excludes halogenated alkanes) is 1. The highest BCUT2D eigenvalue weighted by Gasteiger charge is 2.18. The van der Waals surface area contributed by atoms with Crippen molar-refractivity contribution in [2.24, 2.45) is 5.92 Å². The number of carbonyl (C=O) groups is 1. The summed E-state index contributed by atoms with van der Waals surface area (Å²) in [6.45, 7) is 14.6. The first-order valence-electron chi connectivity index (χ1n) is 6.53. The Bertz CT molecular complexity index is 339. The average molecular weight is 260 g/mol. The highest BCUT2D eigenvalue weighted by molar-refractivity contribution is 5.74. The lowest BCUT2D eigenvalue weighted by atomic mass is 10.1. The molecule has 0 saturated heterocycles. The lowest BCUT2D eigenvalue weighted by Gasteiger charge is -2.16. The molecule has 0 aliphatic heterocycles. The van der Waals surface area contributed by atoms with Crippen LogP contribution < -0.4 is 0 Å². The predicted octanol–water partition coefficient (Wildman–Crippen LogP) is 4.38. The Labute approximate surface area is 116 Å². The van der Waals surface area contributed by atoms with E-state index in [0.717, 1.165) is 19.3 Å². The standard InChI is InChI=1S/C17H24O2/c1-5-9-11-13-15(7-3)17(18)19-16(8-4)14-12-10-6-2/h5-9,11,15-16H,1-4,10,12-14H2/b11-9+. The molecule has 0 amide bonds. The molecule has 2 unspecified atom stereocenters. The number of ether oxygens (including phenoxy) is 1. The molecular formula is C17H24O2. The molecule has 0 aromatic heterocycles. The molecule has 0 fully saturated rings. The first-order chi connectivity index (χ1) is 9.19. The Kier molecular flexibility index (Phi) is 10.2. The molecule has 0 N–H and O–H groups in total. The molecule has 0 heterocycles. The van der Waals surface area contributed by atoms with Crippen LogP contribution in [0.1, 0.15) is 25.7 Å². The van der Waals surface area contributed by atoms with Crippen molar-refractivity contribution in [3.63, 3.8) is 0 Å². The summed E-state index contributed by atoms with van der Waals surface area (Å²) in [6, 6.07) is 0. The van der Waals surface area contributed by atoms with Crippen LogP contribution in [-0.4, -0.2) is 12.1 Å². The zero-order valence-electron chi connectivity index (χ0n) is 11.6. The van der Waals surface area contributed by atoms with Gasteiger partial charge in [0.05, 0.1) is 5.92 Å². The Morgan fingerprint density at radius 3 is 2.42 bits per heavy atom. The smallest absolute Gasteiger partial charge is 0.313 e. The average Bonchev–Trinajstić information content (AvgIpc) is 2.42. The number of carbonyl (C=O) groups excluding carboxylic acids is 1. The Morgan fingerprint density at radius 1 is 1.16 bits per heavy atom. The quantitative estimate of drug-likeness (QED) is 0.238. The van der Waals surface area contributed by atoms with E-state index in [1.165, 1.54) is 0 Å². The number of hydrogen-bond acceptors (Lipinski definition) is 2. The number of hydrogen-bond donors (Lipinski definition) is 0. The summed E-state index contributed by atoms with van der Waals surface area (Å²) >= 11 is 0. The minimum atomic E-state index is -0.321. The van der Waals surface area contributed by atoms with Crippen molar-refractivity contribution in [2.75, 3.05) is 0 Å². The summed E-state index contributed by atoms with van der Waals surface area (Å²) in [5, 5.41) is 0. The van der Waals surface area contributed by atoms with Gasteiger partial charge < -0.3 is 4.74 Å². The molecule has 0 aromatic rings. The van der Waals surface area contributed by atoms with Crippen molar-refractivity contribution in [3.8, 4) is 0 Å². The van der Waals surface area contributed by atoms with Crippen LogP contribution in [0.25, 0.3) is 0 Å². The first-order valence-corrected chi connectivity index (χ1v) is 6.53. The molecule has 0 saturated carbocycles. The van der Waals surface area contributed by atoms with Gasteiger partial charge in [-0.05, 0) is 25.7 Å². The number of allylic oxidation sites excluding steroid dienone is 4. The predicted molar refractivity (Wildman–Crippen MR) is 81.8 cm³/mol. The fourth-order valence-corrected chi connectivity index (χ4v) is 1.53. The topological polar surface area (TPSA) is 26.3 Å². The van der Waals surface area contributed by atoms with Crippen molar-refractivity contribution in [2.45, 2.75) is 31.8 Å². The maximum Gasteiger partial charge on any atom is 0.313 e. The van der Waals surface area contributed by atoms with Gasteiger partial charge in [-0.15, -0.1) is 13.2 Å². The van der Waals surface area contributed by atoms with Crippen molar-refractivity contribution in [1.29, 1.82) is 0 Å². The van der Waals surface area contributed by atoms with Gasteiger partial charge in [0, 0.05) is 0 Å². The van der Waals surface area contributed by atoms with E-state index in [1.54, 1.807) is 24.3 Å². The van der Waals surface area contributed by atoms with Crippen LogP contribution in [0, 0.1) is 5.92 Å². The van der Waals surface area contributed by atoms with Gasteiger partial charge in [-0.25, -0.2) is 0 Å². The third-order valence-corrected chi connectivity index (χ3v) is 2.68. The van der Waals surface area contributed by atoms with E-state index in [4.69, 9.17) is 4.74 Å². The molecule has 0 bridgehead atoms. The van der Waals surface area contributed by atoms with E-state index in [0.29, 0.717) is 6.42 Å². The Hall–Kier alpha value is -1.83. The summed E-state index contributed by atoms with van der Waals surface area (Å²) in [6.07, 6.45) is 13.4. The van der Waals surface area contributed by atoms with Crippen LogP contribution in [0.4, 0.5) is 0 Å². The highest BCUT2D eigenvalue weighted by atomic mass is 16.5. The third kappa shape index (κ3) is 7.98. The van der Waals surface area contributed by atoms with Crippen LogP contribution in [0.3, 0.4) is 0 Å². The van der Waals surface area contributed by atoms with Crippen LogP contribution in [-0.2, 0) is 9.53 Å². The summed E-state index contributed by atoms with van der Waals surface area (Å²) in [4.78, 5) is 11.9. The van der Waals surface area contributed by atoms with E-state index in [1.807, 2.05) is 12.2 Å². The monoisotopic (exact) mass is 260 g/mol. The molecule has 0 rings (SSSR count). The molecule has 0 radical (unpaired) electrons. The minimum absolute atomic E-state index is 0.238. The second-order valence-corrected chi connectivity index (χ2v) is 4.17. The van der Waals surface area contributed by atoms with E-state index in [-0.39, 0.29) is 18.0 Å². The van der Waals surface area contributed by atoms with Crippen LogP contribution in [0.2, 0.25) is 0 Å². The van der Waals surface area contributed by atoms with Gasteiger partial charge in [0.1, 0.15) is 6.10 Å². The summed E-state index contributed by atoms with van der Waals surface area (Å²) in [5.74, 6) is -0.578. The van der Waals surface area contributed by atoms with Gasteiger partial charge in [0.25, 0.3) is 0 Å². The van der Waals surface area contributed by atoms with Gasteiger partial charge in [-0.2, -0.15) is 0 Å². The fourth-order valence-electron chi connectivity index (χ4n) is 1.53. The lowest BCUT2D eigenvalue weighted by Crippen LogP contribution is -2.21. The zero-order chi connectivity index (χ0) is 14.5. The molecule has 0 spiro atoms. The van der Waals surface area contributed by atoms with Crippen molar-refractivity contribution >= 4 is 5.97 Å². The SMILES string of the molecule is C=C/C=C/CC(C=C)C(=O)OC(C=C)CCCC=C. The molecule has 0 aliphatic carbocycles. The van der Waals surface area contributed by atoms with Crippen LogP contribution in [0.15, 0.2) is 62.8 Å². The normalized spacial score (nSPS) is 13.5. The van der Waals surface area contributed by atoms with Crippen LogP contribution >= 0.6 is 0 Å². The van der Waals surface area contributed by atoms with Gasteiger partial charge in [0.15, 0.2) is 0 Å². The Balaban J connectivity index is 4.30. The summed E-state index contributed by atoms with van der Waals surface area (Å²) in [7, 11) is 0. The van der Waals surface area contributed by atoms with E-state index < -0.39 is 0 Å². The molecular weight excluding hydrogens is 236 g/mol. The van der Waals surface area contributed by atoms with Crippen molar-refractivity contribution in [3.05, 3.63) is 62.8 Å². The maximum absolute atomic E-state index is 11.9. The number of esters is 1. The molecule has 2 nitrogen and oxygen atoms in total. The second kappa shape index (κ2) is 11.3. The van der Waals surface area contributed by atoms with Crippen molar-refractivity contribution in [1.82, 2.24) is 0 Å². The lowest BCUT2D eigenvalue weighted by molar-refractivity contribution is -0.150. The molecule has 104 valence electrons. The van der Waals surface area contributed by atoms with E-state index in [9.17, 15) is 4.79 Å². The molecule has 19 heavy (non-hydrogen) atoms.